The van der Waals surface area contributed by atoms with Crippen LogP contribution in [0.1, 0.15) is 75.2 Å². The Kier molecular flexibility index (Phi) is 5.51. The molecule has 0 spiro atoms. The first-order chi connectivity index (χ1) is 15.5. The van der Waals surface area contributed by atoms with Crippen molar-refractivity contribution < 1.29 is 9.59 Å². The molecule has 4 aliphatic carbocycles. The minimum Gasteiger partial charge on any atom is -0.273 e. The first-order valence-corrected chi connectivity index (χ1v) is 12.1. The summed E-state index contributed by atoms with van der Waals surface area (Å²) >= 11 is 0. The molecule has 0 radical (unpaired) electrons. The number of aryl methyl sites for hydroxylation is 1. The summed E-state index contributed by atoms with van der Waals surface area (Å²) in [5, 5.41) is 5.36. The molecule has 4 bridgehead atoms. The van der Waals surface area contributed by atoms with E-state index in [9.17, 15) is 14.4 Å². The smallest absolute Gasteiger partial charge is 0.273 e. The van der Waals surface area contributed by atoms with Gasteiger partial charge in [0.15, 0.2) is 5.69 Å². The number of carbonyl (C=O) groups is 2. The van der Waals surface area contributed by atoms with Gasteiger partial charge in [0.1, 0.15) is 0 Å². The van der Waals surface area contributed by atoms with E-state index in [2.05, 4.69) is 22.9 Å². The number of hydrogen-bond donors (Lipinski definition) is 2. The molecular formula is C25H32N4O3. The first-order valence-electron chi connectivity index (χ1n) is 12.1. The molecule has 7 nitrogen and oxygen atoms in total. The predicted octanol–water partition coefficient (Wildman–Crippen LogP) is 3.56. The van der Waals surface area contributed by atoms with E-state index in [0.29, 0.717) is 35.1 Å². The van der Waals surface area contributed by atoms with E-state index in [1.165, 1.54) is 23.9 Å². The van der Waals surface area contributed by atoms with E-state index in [1.54, 1.807) is 24.3 Å². The zero-order chi connectivity index (χ0) is 22.3. The number of aromatic nitrogens is 2. The standard InChI is InChI=1S/C25H32N4O3/c1-2-3-6-9-29-23(31)20-8-5-4-7-19(20)21(28-29)22(30)26-27-24(32)25-13-16-10-17(14-25)12-18(11-16)15-25/h4-5,7-8,16-18H,2-3,6,9-15H2,1H3,(H,26,30)(H,27,32). The van der Waals surface area contributed by atoms with Crippen LogP contribution in [0.3, 0.4) is 0 Å². The van der Waals surface area contributed by atoms with Crippen LogP contribution in [0.25, 0.3) is 10.8 Å². The van der Waals surface area contributed by atoms with Gasteiger partial charge >= 0.3 is 0 Å². The number of benzene rings is 1. The Bertz CT molecular complexity index is 1070. The molecule has 170 valence electrons. The summed E-state index contributed by atoms with van der Waals surface area (Å²) in [6.45, 7) is 2.57. The van der Waals surface area contributed by atoms with Crippen molar-refractivity contribution in [2.45, 2.75) is 71.3 Å². The van der Waals surface area contributed by atoms with Crippen LogP contribution in [-0.2, 0) is 11.3 Å². The second-order valence-electron chi connectivity index (χ2n) is 10.2. The van der Waals surface area contributed by atoms with Crippen LogP contribution in [0.5, 0.6) is 0 Å². The van der Waals surface area contributed by atoms with Crippen LogP contribution < -0.4 is 16.4 Å². The van der Waals surface area contributed by atoms with Gasteiger partial charge in [-0.1, -0.05) is 38.0 Å². The number of amides is 2. The monoisotopic (exact) mass is 436 g/mol. The molecule has 0 aliphatic heterocycles. The van der Waals surface area contributed by atoms with Gasteiger partial charge in [-0.15, -0.1) is 0 Å². The normalized spacial score (nSPS) is 28.1. The quantitative estimate of drug-likeness (QED) is 0.535. The lowest BCUT2D eigenvalue weighted by Gasteiger charge is -2.55. The van der Waals surface area contributed by atoms with Crippen molar-refractivity contribution >= 4 is 22.6 Å². The van der Waals surface area contributed by atoms with Gasteiger partial charge in [0.25, 0.3) is 11.5 Å². The number of nitrogens with one attached hydrogen (secondary N) is 2. The Morgan fingerprint density at radius 2 is 1.62 bits per heavy atom. The van der Waals surface area contributed by atoms with Crippen molar-refractivity contribution in [3.05, 3.63) is 40.3 Å². The number of carbonyl (C=O) groups excluding carboxylic acids is 2. The Hall–Kier alpha value is -2.70. The first kappa shape index (κ1) is 21.2. The van der Waals surface area contributed by atoms with E-state index in [0.717, 1.165) is 38.5 Å². The summed E-state index contributed by atoms with van der Waals surface area (Å²) in [6.07, 6.45) is 9.43. The molecule has 0 atom stereocenters. The fraction of sp³-hybridized carbons (Fsp3) is 0.600. The van der Waals surface area contributed by atoms with Crippen molar-refractivity contribution in [2.75, 3.05) is 0 Å². The van der Waals surface area contributed by atoms with Crippen LogP contribution >= 0.6 is 0 Å². The Balaban J connectivity index is 1.35. The van der Waals surface area contributed by atoms with Crippen LogP contribution in [-0.4, -0.2) is 21.6 Å². The van der Waals surface area contributed by atoms with Crippen LogP contribution in [0.4, 0.5) is 0 Å². The molecule has 1 aromatic heterocycles. The molecule has 2 aromatic rings. The number of nitrogens with zero attached hydrogens (tertiary/aromatic N) is 2. The third-order valence-corrected chi connectivity index (χ3v) is 7.87. The second kappa shape index (κ2) is 8.34. The molecule has 2 N–H and O–H groups in total. The zero-order valence-corrected chi connectivity index (χ0v) is 18.7. The Morgan fingerprint density at radius 3 is 2.25 bits per heavy atom. The Morgan fingerprint density at radius 1 is 1.00 bits per heavy atom. The molecule has 1 aromatic carbocycles. The fourth-order valence-electron chi connectivity index (χ4n) is 6.76. The number of fused-ring (bicyclic) bond motifs is 1. The lowest BCUT2D eigenvalue weighted by atomic mass is 9.49. The average Bonchev–Trinajstić information content (AvgIpc) is 2.78. The maximum absolute atomic E-state index is 13.2. The number of rotatable bonds is 6. The van der Waals surface area contributed by atoms with Gasteiger partial charge in [0.05, 0.1) is 10.8 Å². The lowest BCUT2D eigenvalue weighted by molar-refractivity contribution is -0.147. The summed E-state index contributed by atoms with van der Waals surface area (Å²) < 4.78 is 1.38. The molecule has 4 fully saturated rings. The number of hydrogen-bond acceptors (Lipinski definition) is 4. The maximum Gasteiger partial charge on any atom is 0.290 e. The number of hydrazine groups is 1. The third kappa shape index (κ3) is 3.71. The highest BCUT2D eigenvalue weighted by atomic mass is 16.2. The summed E-state index contributed by atoms with van der Waals surface area (Å²) in [4.78, 5) is 39.1. The van der Waals surface area contributed by atoms with Gasteiger partial charge in [0.2, 0.25) is 5.91 Å². The van der Waals surface area contributed by atoms with Crippen molar-refractivity contribution in [3.63, 3.8) is 0 Å². The van der Waals surface area contributed by atoms with Crippen molar-refractivity contribution in [1.29, 1.82) is 0 Å². The Labute approximate surface area is 187 Å². The average molecular weight is 437 g/mol. The summed E-state index contributed by atoms with van der Waals surface area (Å²) in [6, 6.07) is 7.03. The molecule has 0 saturated heterocycles. The topological polar surface area (TPSA) is 93.1 Å². The molecule has 32 heavy (non-hydrogen) atoms. The molecule has 0 unspecified atom stereocenters. The van der Waals surface area contributed by atoms with E-state index < -0.39 is 5.91 Å². The summed E-state index contributed by atoms with van der Waals surface area (Å²) in [7, 11) is 0. The molecule has 1 heterocycles. The summed E-state index contributed by atoms with van der Waals surface area (Å²) in [5.41, 5.74) is 4.98. The van der Waals surface area contributed by atoms with Gasteiger partial charge in [0, 0.05) is 11.9 Å². The van der Waals surface area contributed by atoms with Crippen molar-refractivity contribution in [2.24, 2.45) is 23.2 Å². The van der Waals surface area contributed by atoms with E-state index in [1.807, 2.05) is 0 Å². The van der Waals surface area contributed by atoms with Gasteiger partial charge in [-0.3, -0.25) is 25.2 Å². The molecule has 7 heteroatoms. The van der Waals surface area contributed by atoms with Gasteiger partial charge < -0.3 is 0 Å². The molecular weight excluding hydrogens is 404 g/mol. The van der Waals surface area contributed by atoms with Crippen LogP contribution in [0.2, 0.25) is 0 Å². The fourth-order valence-corrected chi connectivity index (χ4v) is 6.76. The minimum absolute atomic E-state index is 0.0643. The van der Waals surface area contributed by atoms with Crippen LogP contribution in [0.15, 0.2) is 29.1 Å². The SMILES string of the molecule is CCCCCn1nc(C(=O)NNC(=O)C23CC4CC(CC(C4)C2)C3)c2ccccc2c1=O. The van der Waals surface area contributed by atoms with E-state index in [-0.39, 0.29) is 22.6 Å². The van der Waals surface area contributed by atoms with Gasteiger partial charge in [-0.2, -0.15) is 5.10 Å². The van der Waals surface area contributed by atoms with E-state index in [4.69, 9.17) is 0 Å². The largest absolute Gasteiger partial charge is 0.290 e. The van der Waals surface area contributed by atoms with Crippen LogP contribution in [0, 0.1) is 23.2 Å². The number of unbranched alkanes of at least 4 members (excludes halogenated alkanes) is 2. The molecule has 4 aliphatic rings. The highest BCUT2D eigenvalue weighted by Crippen LogP contribution is 2.60. The van der Waals surface area contributed by atoms with E-state index >= 15 is 0 Å². The van der Waals surface area contributed by atoms with Gasteiger partial charge in [-0.05, 0) is 68.8 Å². The molecule has 2 amide bonds. The predicted molar refractivity (Wildman–Crippen MR) is 122 cm³/mol. The van der Waals surface area contributed by atoms with Gasteiger partial charge in [-0.25, -0.2) is 4.68 Å². The summed E-state index contributed by atoms with van der Waals surface area (Å²) in [5.74, 6) is 1.41. The maximum atomic E-state index is 13.2. The zero-order valence-electron chi connectivity index (χ0n) is 18.7. The van der Waals surface area contributed by atoms with Crippen molar-refractivity contribution in [1.82, 2.24) is 20.6 Å². The highest BCUT2D eigenvalue weighted by Gasteiger charge is 2.54. The second-order valence-corrected chi connectivity index (χ2v) is 10.2. The third-order valence-electron chi connectivity index (χ3n) is 7.87. The van der Waals surface area contributed by atoms with Crippen molar-refractivity contribution in [3.8, 4) is 0 Å². The molecule has 6 rings (SSSR count). The highest BCUT2D eigenvalue weighted by molar-refractivity contribution is 6.05. The molecule has 4 saturated carbocycles. The minimum atomic E-state index is -0.483. The lowest BCUT2D eigenvalue weighted by Crippen LogP contribution is -2.56.